The summed E-state index contributed by atoms with van der Waals surface area (Å²) in [6.45, 7) is 2.17. The topological polar surface area (TPSA) is 0 Å². The van der Waals surface area contributed by atoms with Crippen LogP contribution < -0.4 is 0 Å². The zero-order chi connectivity index (χ0) is 9.42. The molecule has 0 spiro atoms. The van der Waals surface area contributed by atoms with E-state index in [1.54, 1.807) is 0 Å². The summed E-state index contributed by atoms with van der Waals surface area (Å²) in [6.07, 6.45) is 2.13. The molecule has 0 saturated heterocycles. The van der Waals surface area contributed by atoms with Gasteiger partial charge in [0.25, 0.3) is 0 Å². The number of thioether (sulfide) groups is 1. The van der Waals surface area contributed by atoms with Gasteiger partial charge in [-0.1, -0.05) is 6.07 Å². The normalized spacial score (nSPS) is 11.0. The van der Waals surface area contributed by atoms with Crippen LogP contribution in [0.2, 0.25) is 0 Å². The van der Waals surface area contributed by atoms with Crippen LogP contribution in [0.15, 0.2) is 22.4 Å². The van der Waals surface area contributed by atoms with Crippen LogP contribution in [-0.2, 0) is 0 Å². The van der Waals surface area contributed by atoms with E-state index >= 15 is 0 Å². The average Bonchev–Trinajstić information content (AvgIpc) is 2.50. The Morgan fingerprint density at radius 3 is 2.85 bits per heavy atom. The van der Waals surface area contributed by atoms with Crippen LogP contribution in [0.3, 0.4) is 0 Å². The third kappa shape index (κ3) is 1.62. The van der Waals surface area contributed by atoms with Crippen molar-refractivity contribution in [2.75, 3.05) is 6.26 Å². The Balaban J connectivity index is 2.80. The molecule has 0 nitrogen and oxygen atoms in total. The number of halogens is 1. The highest BCUT2D eigenvalue weighted by atomic mass is 127. The van der Waals surface area contributed by atoms with Gasteiger partial charge in [-0.25, -0.2) is 0 Å². The first kappa shape index (κ1) is 9.80. The number of benzene rings is 1. The SMILES string of the molecule is CSc1ccc2c(C)csc2c1I. The summed E-state index contributed by atoms with van der Waals surface area (Å²) in [7, 11) is 0. The van der Waals surface area contributed by atoms with Crippen LogP contribution in [0.25, 0.3) is 10.1 Å². The van der Waals surface area contributed by atoms with Crippen molar-refractivity contribution in [1.29, 1.82) is 0 Å². The molecule has 1 heterocycles. The maximum Gasteiger partial charge on any atom is 0.0490 e. The van der Waals surface area contributed by atoms with Crippen LogP contribution >= 0.6 is 45.7 Å². The van der Waals surface area contributed by atoms with Gasteiger partial charge >= 0.3 is 0 Å². The number of thiophene rings is 1. The van der Waals surface area contributed by atoms with Crippen LogP contribution in [0.1, 0.15) is 5.56 Å². The summed E-state index contributed by atoms with van der Waals surface area (Å²) in [5.41, 5.74) is 1.39. The van der Waals surface area contributed by atoms with E-state index in [2.05, 4.69) is 53.3 Å². The highest BCUT2D eigenvalue weighted by Crippen LogP contribution is 2.34. The molecule has 0 N–H and O–H groups in total. The minimum Gasteiger partial charge on any atom is -0.142 e. The highest BCUT2D eigenvalue weighted by Gasteiger charge is 2.07. The molecule has 0 aliphatic carbocycles. The summed E-state index contributed by atoms with van der Waals surface area (Å²) in [5.74, 6) is 0. The smallest absolute Gasteiger partial charge is 0.0490 e. The molecule has 13 heavy (non-hydrogen) atoms. The van der Waals surface area contributed by atoms with E-state index in [1.807, 2.05) is 23.1 Å². The molecule has 0 unspecified atom stereocenters. The zero-order valence-electron chi connectivity index (χ0n) is 7.43. The lowest BCUT2D eigenvalue weighted by molar-refractivity contribution is 1.46. The first-order valence-electron chi connectivity index (χ1n) is 3.94. The van der Waals surface area contributed by atoms with Crippen LogP contribution in [-0.4, -0.2) is 6.26 Å². The van der Waals surface area contributed by atoms with Gasteiger partial charge in [0.2, 0.25) is 0 Å². The van der Waals surface area contributed by atoms with E-state index in [1.165, 1.54) is 24.1 Å². The largest absolute Gasteiger partial charge is 0.142 e. The maximum absolute atomic E-state index is 2.44. The first-order chi connectivity index (χ1) is 6.24. The van der Waals surface area contributed by atoms with Gasteiger partial charge in [-0.05, 0) is 58.2 Å². The van der Waals surface area contributed by atoms with Gasteiger partial charge in [0, 0.05) is 13.2 Å². The second kappa shape index (κ2) is 3.79. The van der Waals surface area contributed by atoms with Gasteiger partial charge in [-0.15, -0.1) is 23.1 Å². The number of hydrogen-bond donors (Lipinski definition) is 0. The molecule has 2 rings (SSSR count). The van der Waals surface area contributed by atoms with Crippen LogP contribution in [0, 0.1) is 10.5 Å². The van der Waals surface area contributed by atoms with Crippen molar-refractivity contribution >= 4 is 55.8 Å². The van der Waals surface area contributed by atoms with E-state index in [4.69, 9.17) is 0 Å². The third-order valence-electron chi connectivity index (χ3n) is 2.06. The molecule has 0 aliphatic rings. The van der Waals surface area contributed by atoms with Crippen molar-refractivity contribution in [3.05, 3.63) is 26.6 Å². The van der Waals surface area contributed by atoms with Gasteiger partial charge < -0.3 is 0 Å². The number of aryl methyl sites for hydroxylation is 1. The van der Waals surface area contributed by atoms with Gasteiger partial charge in [0.1, 0.15) is 0 Å². The molecule has 0 amide bonds. The Kier molecular flexibility index (Phi) is 2.86. The summed E-state index contributed by atoms with van der Waals surface area (Å²) in [5, 5.41) is 3.64. The Hall–Kier alpha value is 0.260. The van der Waals surface area contributed by atoms with Crippen molar-refractivity contribution in [2.24, 2.45) is 0 Å². The van der Waals surface area contributed by atoms with Crippen molar-refractivity contribution in [1.82, 2.24) is 0 Å². The monoisotopic (exact) mass is 320 g/mol. The van der Waals surface area contributed by atoms with Gasteiger partial charge in [0.15, 0.2) is 0 Å². The Bertz CT molecular complexity index is 445. The zero-order valence-corrected chi connectivity index (χ0v) is 11.2. The third-order valence-corrected chi connectivity index (χ3v) is 5.82. The van der Waals surface area contributed by atoms with Crippen LogP contribution in [0.4, 0.5) is 0 Å². The van der Waals surface area contributed by atoms with Gasteiger partial charge in [-0.2, -0.15) is 0 Å². The second-order valence-corrected chi connectivity index (χ2v) is 5.68. The number of rotatable bonds is 1. The first-order valence-corrected chi connectivity index (χ1v) is 7.12. The fraction of sp³-hybridized carbons (Fsp3) is 0.200. The van der Waals surface area contributed by atoms with Crippen molar-refractivity contribution in [3.63, 3.8) is 0 Å². The molecule has 1 aromatic carbocycles. The summed E-state index contributed by atoms with van der Waals surface area (Å²) in [4.78, 5) is 1.38. The Morgan fingerprint density at radius 2 is 2.15 bits per heavy atom. The maximum atomic E-state index is 2.44. The summed E-state index contributed by atoms with van der Waals surface area (Å²) < 4.78 is 2.84. The molecule has 0 saturated carbocycles. The fourth-order valence-electron chi connectivity index (χ4n) is 1.33. The lowest BCUT2D eigenvalue weighted by Crippen LogP contribution is -1.78. The number of hydrogen-bond acceptors (Lipinski definition) is 2. The Morgan fingerprint density at radius 1 is 1.38 bits per heavy atom. The van der Waals surface area contributed by atoms with Crippen molar-refractivity contribution < 1.29 is 0 Å². The molecule has 0 aliphatic heterocycles. The average molecular weight is 320 g/mol. The lowest BCUT2D eigenvalue weighted by atomic mass is 10.2. The minimum absolute atomic E-state index is 1.38. The molecule has 0 bridgehead atoms. The molecule has 2 aromatic rings. The van der Waals surface area contributed by atoms with E-state index in [9.17, 15) is 0 Å². The number of fused-ring (bicyclic) bond motifs is 1. The van der Waals surface area contributed by atoms with Gasteiger partial charge in [-0.3, -0.25) is 0 Å². The van der Waals surface area contributed by atoms with Crippen LogP contribution in [0.5, 0.6) is 0 Å². The van der Waals surface area contributed by atoms with E-state index < -0.39 is 0 Å². The molecule has 3 heteroatoms. The van der Waals surface area contributed by atoms with Gasteiger partial charge in [0.05, 0.1) is 0 Å². The molecular weight excluding hydrogens is 311 g/mol. The minimum atomic E-state index is 1.38. The standard InChI is InChI=1S/C10H9IS2/c1-6-5-13-10-7(6)3-4-8(12-2)9(10)11/h3-5H,1-2H3. The molecular formula is C10H9IS2. The summed E-state index contributed by atoms with van der Waals surface area (Å²) in [6, 6.07) is 4.45. The van der Waals surface area contributed by atoms with Crippen molar-refractivity contribution in [3.8, 4) is 0 Å². The molecule has 1 aromatic heterocycles. The predicted octanol–water partition coefficient (Wildman–Crippen LogP) is 4.54. The summed E-state index contributed by atoms with van der Waals surface area (Å²) >= 11 is 6.11. The Labute approximate surface area is 99.9 Å². The molecule has 0 atom stereocenters. The van der Waals surface area contributed by atoms with Crippen molar-refractivity contribution in [2.45, 2.75) is 11.8 Å². The quantitative estimate of drug-likeness (QED) is 0.549. The molecule has 68 valence electrons. The fourth-order valence-corrected chi connectivity index (χ4v) is 4.39. The van der Waals surface area contributed by atoms with E-state index in [0.717, 1.165) is 0 Å². The highest BCUT2D eigenvalue weighted by molar-refractivity contribution is 14.1. The second-order valence-electron chi connectivity index (χ2n) is 2.88. The predicted molar refractivity (Wildman–Crippen MR) is 71.1 cm³/mol. The van der Waals surface area contributed by atoms with E-state index in [-0.39, 0.29) is 0 Å². The lowest BCUT2D eigenvalue weighted by Gasteiger charge is -2.01. The molecule has 0 fully saturated rings. The van der Waals surface area contributed by atoms with E-state index in [0.29, 0.717) is 0 Å². The molecule has 0 radical (unpaired) electrons.